The summed E-state index contributed by atoms with van der Waals surface area (Å²) in [5, 5.41) is 5.01. The molecule has 0 unspecified atom stereocenters. The molecular weight excluding hydrogens is 422 g/mol. The lowest BCUT2D eigenvalue weighted by molar-refractivity contribution is 0.0466. The zero-order valence-electron chi connectivity index (χ0n) is 18.0. The maximum absolute atomic E-state index is 12.7. The molecule has 31 heavy (non-hydrogen) atoms. The molecule has 166 valence electrons. The molecule has 0 aliphatic rings. The summed E-state index contributed by atoms with van der Waals surface area (Å²) in [6.07, 6.45) is 0.708. The summed E-state index contributed by atoms with van der Waals surface area (Å²) < 4.78 is 23.6. The highest BCUT2D eigenvalue weighted by Gasteiger charge is 2.19. The molecule has 0 spiro atoms. The minimum Gasteiger partial charge on any atom is -0.490 e. The number of ether oxygens (including phenoxy) is 4. The Hall–Kier alpha value is -3.14. The predicted molar refractivity (Wildman–Crippen MR) is 116 cm³/mol. The highest BCUT2D eigenvalue weighted by atomic mass is 32.1. The van der Waals surface area contributed by atoms with Crippen molar-refractivity contribution in [3.63, 3.8) is 0 Å². The van der Waals surface area contributed by atoms with Crippen LogP contribution >= 0.6 is 11.3 Å². The van der Waals surface area contributed by atoms with Gasteiger partial charge in [-0.05, 0) is 39.3 Å². The smallest absolute Gasteiger partial charge is 0.338 e. The minimum absolute atomic E-state index is 0.148. The highest BCUT2D eigenvalue weighted by molar-refractivity contribution is 7.16. The number of hydrogen-bond donors (Lipinski definition) is 0. The lowest BCUT2D eigenvalue weighted by atomic mass is 10.2. The van der Waals surface area contributed by atoms with E-state index in [9.17, 15) is 9.59 Å². The second kappa shape index (κ2) is 10.3. The number of carbonyl (C=O) groups excluding carboxylic acids is 1. The maximum Gasteiger partial charge on any atom is 0.338 e. The first kappa shape index (κ1) is 22.5. The van der Waals surface area contributed by atoms with Crippen molar-refractivity contribution in [2.75, 3.05) is 19.8 Å². The summed E-state index contributed by atoms with van der Waals surface area (Å²) in [6.45, 7) is 8.55. The van der Waals surface area contributed by atoms with Crippen molar-refractivity contribution in [2.45, 2.75) is 40.7 Å². The van der Waals surface area contributed by atoms with Crippen molar-refractivity contribution in [3.8, 4) is 17.2 Å². The zero-order chi connectivity index (χ0) is 22.4. The topological polar surface area (TPSA) is 101 Å². The van der Waals surface area contributed by atoms with Gasteiger partial charge >= 0.3 is 5.97 Å². The van der Waals surface area contributed by atoms with E-state index in [-0.39, 0.29) is 17.7 Å². The second-order valence-electron chi connectivity index (χ2n) is 6.31. The van der Waals surface area contributed by atoms with Crippen LogP contribution in [-0.4, -0.2) is 40.4 Å². The number of fused-ring (bicyclic) bond motifs is 1. The van der Waals surface area contributed by atoms with Gasteiger partial charge < -0.3 is 18.9 Å². The van der Waals surface area contributed by atoms with Crippen molar-refractivity contribution in [1.82, 2.24) is 14.6 Å². The van der Waals surface area contributed by atoms with Crippen LogP contribution in [0.1, 0.15) is 48.8 Å². The van der Waals surface area contributed by atoms with Crippen LogP contribution in [0.5, 0.6) is 17.2 Å². The average molecular weight is 448 g/mol. The van der Waals surface area contributed by atoms with E-state index in [1.54, 1.807) is 12.1 Å². The molecule has 0 atom stereocenters. The van der Waals surface area contributed by atoms with E-state index >= 15 is 0 Å². The molecule has 0 saturated heterocycles. The summed E-state index contributed by atoms with van der Waals surface area (Å²) in [5.41, 5.74) is 0.287. The summed E-state index contributed by atoms with van der Waals surface area (Å²) in [7, 11) is 0. The third-order valence-corrected chi connectivity index (χ3v) is 5.19. The van der Waals surface area contributed by atoms with Crippen LogP contribution in [0.2, 0.25) is 0 Å². The van der Waals surface area contributed by atoms with Crippen LogP contribution in [0, 0.1) is 0 Å². The first-order valence-electron chi connectivity index (χ1n) is 10.1. The molecule has 10 heteroatoms. The summed E-state index contributed by atoms with van der Waals surface area (Å²) in [5.74, 6) is 0.652. The van der Waals surface area contributed by atoms with Gasteiger partial charge in [0.15, 0.2) is 11.5 Å². The van der Waals surface area contributed by atoms with Crippen LogP contribution in [0.15, 0.2) is 23.0 Å². The van der Waals surface area contributed by atoms with E-state index in [1.807, 2.05) is 27.7 Å². The minimum atomic E-state index is -0.592. The van der Waals surface area contributed by atoms with Gasteiger partial charge in [0.25, 0.3) is 5.56 Å². The Balaban J connectivity index is 1.84. The molecule has 3 aromatic rings. The van der Waals surface area contributed by atoms with Gasteiger partial charge in [0, 0.05) is 6.07 Å². The molecule has 0 aliphatic heterocycles. The SMILES string of the molecule is CCOc1cc(C(=O)OCc2cc(=O)n3nc(CC)sc3n2)cc(OCC)c1OCC. The number of aryl methyl sites for hydroxylation is 1. The Labute approximate surface area is 183 Å². The molecule has 3 rings (SSSR count). The molecule has 2 heterocycles. The van der Waals surface area contributed by atoms with E-state index in [1.165, 1.54) is 21.9 Å². The van der Waals surface area contributed by atoms with Crippen molar-refractivity contribution in [1.29, 1.82) is 0 Å². The fourth-order valence-electron chi connectivity index (χ4n) is 2.84. The van der Waals surface area contributed by atoms with Gasteiger partial charge in [-0.1, -0.05) is 18.3 Å². The highest BCUT2D eigenvalue weighted by Crippen LogP contribution is 2.39. The predicted octanol–water partition coefficient (Wildman–Crippen LogP) is 3.27. The third-order valence-electron chi connectivity index (χ3n) is 4.14. The largest absolute Gasteiger partial charge is 0.490 e. The van der Waals surface area contributed by atoms with Crippen molar-refractivity contribution in [2.24, 2.45) is 0 Å². The Morgan fingerprint density at radius 2 is 1.65 bits per heavy atom. The first-order valence-corrected chi connectivity index (χ1v) is 10.9. The normalized spacial score (nSPS) is 10.8. The number of esters is 1. The van der Waals surface area contributed by atoms with Crippen LogP contribution in [0.3, 0.4) is 0 Å². The Morgan fingerprint density at radius 1 is 1.00 bits per heavy atom. The molecule has 0 saturated carbocycles. The lowest BCUT2D eigenvalue weighted by Crippen LogP contribution is -2.16. The van der Waals surface area contributed by atoms with E-state index in [2.05, 4.69) is 10.1 Å². The van der Waals surface area contributed by atoms with Crippen molar-refractivity contribution < 1.29 is 23.7 Å². The van der Waals surface area contributed by atoms with Gasteiger partial charge in [-0.2, -0.15) is 9.61 Å². The molecule has 0 aliphatic carbocycles. The zero-order valence-corrected chi connectivity index (χ0v) is 18.8. The quantitative estimate of drug-likeness (QED) is 0.437. The number of rotatable bonds is 10. The van der Waals surface area contributed by atoms with Crippen LogP contribution in [-0.2, 0) is 17.8 Å². The monoisotopic (exact) mass is 447 g/mol. The van der Waals surface area contributed by atoms with Gasteiger partial charge in [-0.3, -0.25) is 4.79 Å². The molecule has 9 nitrogen and oxygen atoms in total. The average Bonchev–Trinajstić information content (AvgIpc) is 3.18. The summed E-state index contributed by atoms with van der Waals surface area (Å²) in [4.78, 5) is 29.8. The van der Waals surface area contributed by atoms with Gasteiger partial charge in [0.2, 0.25) is 10.7 Å². The number of aromatic nitrogens is 3. The molecule has 0 radical (unpaired) electrons. The van der Waals surface area contributed by atoms with Crippen LogP contribution < -0.4 is 19.8 Å². The van der Waals surface area contributed by atoms with Gasteiger partial charge in [0.05, 0.1) is 31.1 Å². The summed E-state index contributed by atoms with van der Waals surface area (Å²) in [6, 6.07) is 4.43. The molecule has 1 aromatic carbocycles. The molecule has 0 bridgehead atoms. The van der Waals surface area contributed by atoms with E-state index in [4.69, 9.17) is 18.9 Å². The number of nitrogens with zero attached hydrogens (tertiary/aromatic N) is 3. The standard InChI is InChI=1S/C21H25N3O6S/c1-5-17-23-24-18(25)11-14(22-21(24)31-17)12-30-20(26)13-9-15(27-6-2)19(29-8-4)16(10-13)28-7-3/h9-11H,5-8,12H2,1-4H3. The molecule has 2 aromatic heterocycles. The second-order valence-corrected chi connectivity index (χ2v) is 7.35. The molecule has 0 N–H and O–H groups in total. The maximum atomic E-state index is 12.7. The molecule has 0 fully saturated rings. The fraction of sp³-hybridized carbons (Fsp3) is 0.429. The van der Waals surface area contributed by atoms with Gasteiger partial charge in [-0.15, -0.1) is 0 Å². The number of benzene rings is 1. The van der Waals surface area contributed by atoms with E-state index < -0.39 is 5.97 Å². The summed E-state index contributed by atoms with van der Waals surface area (Å²) >= 11 is 1.33. The third kappa shape index (κ3) is 5.13. The van der Waals surface area contributed by atoms with Gasteiger partial charge in [-0.25, -0.2) is 9.78 Å². The van der Waals surface area contributed by atoms with Crippen LogP contribution in [0.25, 0.3) is 4.96 Å². The van der Waals surface area contributed by atoms with E-state index in [0.717, 1.165) is 5.01 Å². The molecular formula is C21H25N3O6S. The Kier molecular flexibility index (Phi) is 7.45. The van der Waals surface area contributed by atoms with E-state index in [0.29, 0.717) is 54.1 Å². The van der Waals surface area contributed by atoms with Crippen molar-refractivity contribution in [3.05, 3.63) is 44.8 Å². The Morgan fingerprint density at radius 3 is 2.23 bits per heavy atom. The lowest BCUT2D eigenvalue weighted by Gasteiger charge is -2.16. The van der Waals surface area contributed by atoms with Crippen molar-refractivity contribution >= 4 is 22.3 Å². The fourth-order valence-corrected chi connectivity index (χ4v) is 3.70. The number of carbonyl (C=O) groups is 1. The first-order chi connectivity index (χ1) is 15.0. The Bertz CT molecular complexity index is 1100. The molecule has 0 amide bonds. The van der Waals surface area contributed by atoms with Crippen LogP contribution in [0.4, 0.5) is 0 Å². The van der Waals surface area contributed by atoms with Gasteiger partial charge in [0.1, 0.15) is 11.6 Å². The number of hydrogen-bond acceptors (Lipinski definition) is 9.